The number of carbonyl (C=O) groups excluding carboxylic acids is 1. The van der Waals surface area contributed by atoms with E-state index in [-0.39, 0.29) is 13.0 Å². The Kier molecular flexibility index (Phi) is 6.00. The molecule has 0 saturated heterocycles. The fraction of sp³-hybridized carbons (Fsp3) is 0.176. The van der Waals surface area contributed by atoms with Gasteiger partial charge in [-0.15, -0.1) is 0 Å². The summed E-state index contributed by atoms with van der Waals surface area (Å²) in [6.45, 7) is -0.303. The molecule has 2 aromatic carbocycles. The van der Waals surface area contributed by atoms with E-state index in [2.05, 4.69) is 5.32 Å². The predicted octanol–water partition coefficient (Wildman–Crippen LogP) is 2.53. The largest absolute Gasteiger partial charge is 0.482 e. The first-order valence-corrected chi connectivity index (χ1v) is 7.37. The lowest BCUT2D eigenvalue weighted by Gasteiger charge is -2.15. The molecule has 0 heterocycles. The number of halogens is 1. The first-order chi connectivity index (χ1) is 11.1. The van der Waals surface area contributed by atoms with E-state index < -0.39 is 17.9 Å². The summed E-state index contributed by atoms with van der Waals surface area (Å²) in [5, 5.41) is 12.1. The van der Waals surface area contributed by atoms with E-state index in [9.17, 15) is 14.7 Å². The second-order valence-corrected chi connectivity index (χ2v) is 5.27. The summed E-state index contributed by atoms with van der Waals surface area (Å²) in [6, 6.07) is 14.8. The van der Waals surface area contributed by atoms with E-state index in [1.165, 1.54) is 0 Å². The standard InChI is InChI=1S/C17H16ClNO4/c18-13-8-4-5-9-15(13)23-11-16(20)19-14(17(21)22)10-12-6-2-1-3-7-12/h1-9,14H,10-11H2,(H,19,20)(H,21,22). The van der Waals surface area contributed by atoms with Gasteiger partial charge < -0.3 is 15.2 Å². The van der Waals surface area contributed by atoms with Crippen molar-refractivity contribution in [3.05, 3.63) is 65.2 Å². The van der Waals surface area contributed by atoms with Gasteiger partial charge in [0.05, 0.1) is 5.02 Å². The van der Waals surface area contributed by atoms with E-state index >= 15 is 0 Å². The van der Waals surface area contributed by atoms with Crippen LogP contribution in [0.5, 0.6) is 5.75 Å². The molecule has 0 aliphatic heterocycles. The maximum absolute atomic E-state index is 11.9. The highest BCUT2D eigenvalue weighted by molar-refractivity contribution is 6.32. The van der Waals surface area contributed by atoms with Crippen molar-refractivity contribution in [1.82, 2.24) is 5.32 Å². The minimum absolute atomic E-state index is 0.202. The Morgan fingerprint density at radius 1 is 1.09 bits per heavy atom. The van der Waals surface area contributed by atoms with E-state index in [0.717, 1.165) is 5.56 Å². The van der Waals surface area contributed by atoms with Crippen molar-refractivity contribution in [2.45, 2.75) is 12.5 Å². The van der Waals surface area contributed by atoms with Gasteiger partial charge in [0.2, 0.25) is 0 Å². The molecule has 0 aliphatic rings. The van der Waals surface area contributed by atoms with E-state index in [0.29, 0.717) is 10.8 Å². The van der Waals surface area contributed by atoms with Crippen LogP contribution < -0.4 is 10.1 Å². The number of amides is 1. The van der Waals surface area contributed by atoms with Gasteiger partial charge >= 0.3 is 5.97 Å². The maximum Gasteiger partial charge on any atom is 0.326 e. The number of para-hydroxylation sites is 1. The number of nitrogens with one attached hydrogen (secondary N) is 1. The first kappa shape index (κ1) is 16.8. The molecule has 0 fully saturated rings. The van der Waals surface area contributed by atoms with Crippen LogP contribution in [0.4, 0.5) is 0 Å². The molecular formula is C17H16ClNO4. The monoisotopic (exact) mass is 333 g/mol. The van der Waals surface area contributed by atoms with Crippen molar-refractivity contribution in [3.8, 4) is 5.75 Å². The molecule has 0 spiro atoms. The third-order valence-corrected chi connectivity index (χ3v) is 3.42. The van der Waals surface area contributed by atoms with E-state index in [4.69, 9.17) is 16.3 Å². The zero-order chi connectivity index (χ0) is 16.7. The molecule has 6 heteroatoms. The fourth-order valence-corrected chi connectivity index (χ4v) is 2.18. The van der Waals surface area contributed by atoms with Crippen LogP contribution in [0.25, 0.3) is 0 Å². The zero-order valence-electron chi connectivity index (χ0n) is 12.2. The lowest BCUT2D eigenvalue weighted by atomic mass is 10.1. The summed E-state index contributed by atoms with van der Waals surface area (Å²) < 4.78 is 5.29. The summed E-state index contributed by atoms with van der Waals surface area (Å²) in [6.07, 6.45) is 0.202. The fourth-order valence-electron chi connectivity index (χ4n) is 1.99. The first-order valence-electron chi connectivity index (χ1n) is 6.99. The van der Waals surface area contributed by atoms with Crippen molar-refractivity contribution in [2.24, 2.45) is 0 Å². The molecule has 2 N–H and O–H groups in total. The Hall–Kier alpha value is -2.53. The van der Waals surface area contributed by atoms with Crippen LogP contribution in [0.2, 0.25) is 5.02 Å². The van der Waals surface area contributed by atoms with Gasteiger partial charge in [-0.1, -0.05) is 54.1 Å². The van der Waals surface area contributed by atoms with Crippen LogP contribution in [0.15, 0.2) is 54.6 Å². The molecule has 0 bridgehead atoms. The number of carbonyl (C=O) groups is 2. The zero-order valence-corrected chi connectivity index (χ0v) is 13.0. The van der Waals surface area contributed by atoms with Crippen LogP contribution in [0, 0.1) is 0 Å². The minimum atomic E-state index is -1.10. The second kappa shape index (κ2) is 8.19. The number of ether oxygens (including phenoxy) is 1. The molecular weight excluding hydrogens is 318 g/mol. The van der Waals surface area contributed by atoms with Gasteiger partial charge in [-0.05, 0) is 17.7 Å². The Morgan fingerprint density at radius 2 is 1.74 bits per heavy atom. The normalized spacial score (nSPS) is 11.5. The van der Waals surface area contributed by atoms with Gasteiger partial charge in [0.1, 0.15) is 11.8 Å². The van der Waals surface area contributed by atoms with Crippen LogP contribution in [-0.2, 0) is 16.0 Å². The molecule has 0 saturated carbocycles. The SMILES string of the molecule is O=C(COc1ccccc1Cl)NC(Cc1ccccc1)C(=O)O. The molecule has 0 radical (unpaired) electrons. The highest BCUT2D eigenvalue weighted by Crippen LogP contribution is 2.22. The minimum Gasteiger partial charge on any atom is -0.482 e. The number of aliphatic carboxylic acids is 1. The number of hydrogen-bond donors (Lipinski definition) is 2. The summed E-state index contributed by atoms with van der Waals surface area (Å²) >= 11 is 5.92. The Balaban J connectivity index is 1.91. The topological polar surface area (TPSA) is 75.6 Å². The van der Waals surface area contributed by atoms with Gasteiger partial charge in [-0.2, -0.15) is 0 Å². The lowest BCUT2D eigenvalue weighted by molar-refractivity contribution is -0.142. The second-order valence-electron chi connectivity index (χ2n) is 4.87. The molecule has 2 rings (SSSR count). The predicted molar refractivity (Wildman–Crippen MR) is 86.7 cm³/mol. The third kappa shape index (κ3) is 5.30. The van der Waals surface area contributed by atoms with Crippen LogP contribution in [0.1, 0.15) is 5.56 Å². The number of hydrogen-bond acceptors (Lipinski definition) is 3. The maximum atomic E-state index is 11.9. The molecule has 1 atom stereocenters. The third-order valence-electron chi connectivity index (χ3n) is 3.11. The summed E-state index contributed by atoms with van der Waals surface area (Å²) in [7, 11) is 0. The van der Waals surface area contributed by atoms with Crippen LogP contribution in [-0.4, -0.2) is 29.6 Å². The highest BCUT2D eigenvalue weighted by Gasteiger charge is 2.20. The van der Waals surface area contributed by atoms with Crippen molar-refractivity contribution >= 4 is 23.5 Å². The molecule has 120 valence electrons. The van der Waals surface area contributed by atoms with Gasteiger partial charge in [0.25, 0.3) is 5.91 Å². The Bertz CT molecular complexity index is 675. The Labute approximate surface area is 138 Å². The number of rotatable bonds is 7. The quantitative estimate of drug-likeness (QED) is 0.816. The molecule has 0 aromatic heterocycles. The van der Waals surface area contributed by atoms with Gasteiger partial charge in [0.15, 0.2) is 6.61 Å². The molecule has 2 aromatic rings. The van der Waals surface area contributed by atoms with E-state index in [1.54, 1.807) is 24.3 Å². The van der Waals surface area contributed by atoms with E-state index in [1.807, 2.05) is 30.3 Å². The number of carboxylic acid groups (broad SMARTS) is 1. The van der Waals surface area contributed by atoms with Crippen molar-refractivity contribution in [3.63, 3.8) is 0 Å². The Morgan fingerprint density at radius 3 is 2.39 bits per heavy atom. The van der Waals surface area contributed by atoms with Gasteiger partial charge in [-0.25, -0.2) is 4.79 Å². The molecule has 23 heavy (non-hydrogen) atoms. The van der Waals surface area contributed by atoms with Gasteiger partial charge in [0, 0.05) is 6.42 Å². The summed E-state index contributed by atoms with van der Waals surface area (Å²) in [5.41, 5.74) is 0.826. The van der Waals surface area contributed by atoms with Crippen molar-refractivity contribution in [2.75, 3.05) is 6.61 Å². The smallest absolute Gasteiger partial charge is 0.326 e. The molecule has 5 nitrogen and oxygen atoms in total. The van der Waals surface area contributed by atoms with Crippen LogP contribution in [0.3, 0.4) is 0 Å². The molecule has 1 amide bonds. The average Bonchev–Trinajstić information content (AvgIpc) is 2.54. The summed E-state index contributed by atoms with van der Waals surface area (Å²) in [5.74, 6) is -1.24. The van der Waals surface area contributed by atoms with Crippen molar-refractivity contribution < 1.29 is 19.4 Å². The molecule has 1 unspecified atom stereocenters. The van der Waals surface area contributed by atoms with Gasteiger partial charge in [-0.3, -0.25) is 4.79 Å². The highest BCUT2D eigenvalue weighted by atomic mass is 35.5. The number of benzene rings is 2. The molecule has 0 aliphatic carbocycles. The lowest BCUT2D eigenvalue weighted by Crippen LogP contribution is -2.44. The van der Waals surface area contributed by atoms with Crippen molar-refractivity contribution in [1.29, 1.82) is 0 Å². The number of carboxylic acids is 1. The average molecular weight is 334 g/mol. The summed E-state index contributed by atoms with van der Waals surface area (Å²) in [4.78, 5) is 23.2. The van der Waals surface area contributed by atoms with Crippen LogP contribution >= 0.6 is 11.6 Å².